The Morgan fingerprint density at radius 2 is 1.84 bits per heavy atom. The van der Waals surface area contributed by atoms with Gasteiger partial charge in [-0.3, -0.25) is 20.2 Å². The summed E-state index contributed by atoms with van der Waals surface area (Å²) in [7, 11) is 0. The number of benzene rings is 3. The average molecular weight is 518 g/mol. The Balaban J connectivity index is 1.29. The van der Waals surface area contributed by atoms with Crippen LogP contribution in [-0.4, -0.2) is 47.2 Å². The highest BCUT2D eigenvalue weighted by atomic mass is 32.1. The van der Waals surface area contributed by atoms with Crippen LogP contribution in [0.2, 0.25) is 0 Å². The van der Waals surface area contributed by atoms with E-state index in [1.807, 2.05) is 42.2 Å². The number of anilines is 2. The molecular formula is C26H23N5O5S. The Hall–Kier alpha value is -4.35. The first-order chi connectivity index (χ1) is 17.9. The number of non-ortho nitro benzene ring substituents is 1. The zero-order chi connectivity index (χ0) is 25.9. The van der Waals surface area contributed by atoms with Crippen LogP contribution < -0.4 is 15.5 Å². The van der Waals surface area contributed by atoms with E-state index in [4.69, 9.17) is 21.4 Å². The number of hydrogen-bond donors (Lipinski definition) is 2. The molecule has 0 unspecified atom stereocenters. The second-order valence-electron chi connectivity index (χ2n) is 8.53. The van der Waals surface area contributed by atoms with Gasteiger partial charge in [0.05, 0.1) is 29.4 Å². The van der Waals surface area contributed by atoms with E-state index in [2.05, 4.69) is 15.6 Å². The molecule has 0 bridgehead atoms. The van der Waals surface area contributed by atoms with Crippen LogP contribution in [0.25, 0.3) is 22.6 Å². The van der Waals surface area contributed by atoms with E-state index in [0.29, 0.717) is 43.6 Å². The lowest BCUT2D eigenvalue weighted by atomic mass is 10.1. The van der Waals surface area contributed by atoms with Crippen molar-refractivity contribution in [3.63, 3.8) is 0 Å². The molecule has 0 radical (unpaired) electrons. The van der Waals surface area contributed by atoms with E-state index in [1.165, 1.54) is 12.1 Å². The van der Waals surface area contributed by atoms with Crippen LogP contribution in [0, 0.1) is 17.0 Å². The van der Waals surface area contributed by atoms with Gasteiger partial charge >= 0.3 is 0 Å². The molecule has 1 saturated heterocycles. The van der Waals surface area contributed by atoms with E-state index in [1.54, 1.807) is 18.2 Å². The molecule has 2 N–H and O–H groups in total. The van der Waals surface area contributed by atoms with Crippen LogP contribution in [0.4, 0.5) is 17.1 Å². The highest BCUT2D eigenvalue weighted by molar-refractivity contribution is 7.80. The van der Waals surface area contributed by atoms with Crippen molar-refractivity contribution in [3.8, 4) is 11.5 Å². The van der Waals surface area contributed by atoms with Crippen LogP contribution in [0.3, 0.4) is 0 Å². The number of rotatable bonds is 5. The summed E-state index contributed by atoms with van der Waals surface area (Å²) in [6, 6.07) is 17.3. The van der Waals surface area contributed by atoms with Gasteiger partial charge in [0.1, 0.15) is 5.52 Å². The lowest BCUT2D eigenvalue weighted by molar-refractivity contribution is -0.384. The number of nitro groups is 1. The fourth-order valence-corrected chi connectivity index (χ4v) is 4.29. The first-order valence-electron chi connectivity index (χ1n) is 11.6. The number of aryl methyl sites for hydroxylation is 1. The molecule has 37 heavy (non-hydrogen) atoms. The third kappa shape index (κ3) is 5.42. The average Bonchev–Trinajstić information content (AvgIpc) is 3.32. The third-order valence-corrected chi connectivity index (χ3v) is 6.15. The predicted molar refractivity (Wildman–Crippen MR) is 144 cm³/mol. The maximum absolute atomic E-state index is 13.1. The van der Waals surface area contributed by atoms with Crippen molar-refractivity contribution in [2.24, 2.45) is 0 Å². The minimum atomic E-state index is -0.541. The summed E-state index contributed by atoms with van der Waals surface area (Å²) < 4.78 is 11.3. The van der Waals surface area contributed by atoms with Crippen molar-refractivity contribution >= 4 is 51.4 Å². The second-order valence-corrected chi connectivity index (χ2v) is 8.94. The normalized spacial score (nSPS) is 13.4. The summed E-state index contributed by atoms with van der Waals surface area (Å²) in [4.78, 5) is 30.4. The number of carbonyl (C=O) groups is 1. The molecule has 3 aromatic carbocycles. The molecule has 0 saturated carbocycles. The summed E-state index contributed by atoms with van der Waals surface area (Å²) >= 11 is 5.34. The number of nitrogens with zero attached hydrogens (tertiary/aromatic N) is 3. The lowest BCUT2D eigenvalue weighted by Crippen LogP contribution is -2.39. The van der Waals surface area contributed by atoms with Crippen molar-refractivity contribution in [2.45, 2.75) is 6.92 Å². The van der Waals surface area contributed by atoms with Gasteiger partial charge in [-0.05, 0) is 67.2 Å². The van der Waals surface area contributed by atoms with Gasteiger partial charge in [-0.15, -0.1) is 0 Å². The van der Waals surface area contributed by atoms with Gasteiger partial charge in [-0.2, -0.15) is 0 Å². The van der Waals surface area contributed by atoms with Gasteiger partial charge in [-0.1, -0.05) is 6.07 Å². The van der Waals surface area contributed by atoms with Gasteiger partial charge in [0.2, 0.25) is 5.89 Å². The number of ether oxygens (including phenoxy) is 1. The highest BCUT2D eigenvalue weighted by Crippen LogP contribution is 2.28. The smallest absolute Gasteiger partial charge is 0.270 e. The molecule has 1 aromatic heterocycles. The number of aromatic nitrogens is 1. The predicted octanol–water partition coefficient (Wildman–Crippen LogP) is 4.67. The van der Waals surface area contributed by atoms with Crippen molar-refractivity contribution in [1.29, 1.82) is 0 Å². The first-order valence-corrected chi connectivity index (χ1v) is 12.0. The molecule has 0 atom stereocenters. The molecule has 0 spiro atoms. The van der Waals surface area contributed by atoms with Crippen molar-refractivity contribution in [3.05, 3.63) is 81.9 Å². The van der Waals surface area contributed by atoms with E-state index >= 15 is 0 Å². The maximum atomic E-state index is 13.1. The van der Waals surface area contributed by atoms with Crippen LogP contribution in [0.1, 0.15) is 15.9 Å². The SMILES string of the molecule is Cc1ccc2nc(-c3ccc(NC(=S)NC(=O)c4cc([N+](=O)[O-])ccc4N4CCOCC4)cc3)oc2c1. The molecule has 10 nitrogen and oxygen atoms in total. The summed E-state index contributed by atoms with van der Waals surface area (Å²) in [5.74, 6) is -0.0366. The van der Waals surface area contributed by atoms with Crippen LogP contribution in [0.5, 0.6) is 0 Å². The molecule has 1 fully saturated rings. The number of morpholine rings is 1. The van der Waals surface area contributed by atoms with E-state index in [0.717, 1.165) is 22.2 Å². The minimum absolute atomic E-state index is 0.0644. The van der Waals surface area contributed by atoms with Gasteiger partial charge in [0.25, 0.3) is 11.6 Å². The molecule has 4 aromatic rings. The standard InChI is InChI=1S/C26H23N5O5S/c1-16-2-8-21-23(14-16)36-25(28-21)17-3-5-18(6-4-17)27-26(37)29-24(32)20-15-19(31(33)34)7-9-22(20)30-10-12-35-13-11-30/h2-9,14-15H,10-13H2,1H3,(H2,27,29,32,37). The number of oxazole rings is 1. The third-order valence-electron chi connectivity index (χ3n) is 5.95. The number of amides is 1. The Kier molecular flexibility index (Phi) is 6.80. The van der Waals surface area contributed by atoms with Gasteiger partial charge in [-0.25, -0.2) is 4.98 Å². The molecule has 2 heterocycles. The Labute approximate surface area is 217 Å². The number of hydrogen-bond acceptors (Lipinski definition) is 8. The van der Waals surface area contributed by atoms with Gasteiger partial charge in [0.15, 0.2) is 10.7 Å². The fourth-order valence-electron chi connectivity index (χ4n) is 4.08. The maximum Gasteiger partial charge on any atom is 0.270 e. The minimum Gasteiger partial charge on any atom is -0.436 e. The Bertz CT molecular complexity index is 1500. The number of nitrogens with one attached hydrogen (secondary N) is 2. The van der Waals surface area contributed by atoms with Crippen molar-refractivity contribution in [2.75, 3.05) is 36.5 Å². The summed E-state index contributed by atoms with van der Waals surface area (Å²) in [5, 5.41) is 17.0. The number of carbonyl (C=O) groups excluding carboxylic acids is 1. The molecule has 1 aliphatic rings. The second kappa shape index (κ2) is 10.3. The van der Waals surface area contributed by atoms with Crippen molar-refractivity contribution in [1.82, 2.24) is 10.3 Å². The zero-order valence-electron chi connectivity index (χ0n) is 19.9. The van der Waals surface area contributed by atoms with Crippen LogP contribution in [0.15, 0.2) is 65.1 Å². The molecule has 11 heteroatoms. The van der Waals surface area contributed by atoms with Gasteiger partial charge < -0.3 is 19.4 Å². The van der Waals surface area contributed by atoms with Crippen LogP contribution >= 0.6 is 12.2 Å². The molecule has 1 aliphatic heterocycles. The molecule has 1 amide bonds. The lowest BCUT2D eigenvalue weighted by Gasteiger charge is -2.30. The molecule has 0 aliphatic carbocycles. The van der Waals surface area contributed by atoms with Crippen LogP contribution in [-0.2, 0) is 4.74 Å². The summed E-state index contributed by atoms with van der Waals surface area (Å²) in [5.41, 5.74) is 4.62. The number of fused-ring (bicyclic) bond motifs is 1. The fraction of sp³-hybridized carbons (Fsp3) is 0.192. The largest absolute Gasteiger partial charge is 0.436 e. The molecule has 188 valence electrons. The Morgan fingerprint density at radius 1 is 1.08 bits per heavy atom. The summed E-state index contributed by atoms with van der Waals surface area (Å²) in [6.45, 7) is 4.17. The summed E-state index contributed by atoms with van der Waals surface area (Å²) in [6.07, 6.45) is 0. The Morgan fingerprint density at radius 3 is 2.57 bits per heavy atom. The van der Waals surface area contributed by atoms with Gasteiger partial charge in [0, 0.05) is 36.5 Å². The van der Waals surface area contributed by atoms with E-state index in [-0.39, 0.29) is 16.4 Å². The topological polar surface area (TPSA) is 123 Å². The number of nitro benzene ring substituents is 1. The molecule has 5 rings (SSSR count). The number of thiocarbonyl (C=S) groups is 1. The zero-order valence-corrected chi connectivity index (χ0v) is 20.7. The molecular weight excluding hydrogens is 494 g/mol. The highest BCUT2D eigenvalue weighted by Gasteiger charge is 2.22. The quantitative estimate of drug-likeness (QED) is 0.221. The van der Waals surface area contributed by atoms with E-state index < -0.39 is 10.8 Å². The monoisotopic (exact) mass is 517 g/mol. The first kappa shape index (κ1) is 24.3. The van der Waals surface area contributed by atoms with E-state index in [9.17, 15) is 14.9 Å². The van der Waals surface area contributed by atoms with Crippen molar-refractivity contribution < 1.29 is 18.9 Å².